The van der Waals surface area contributed by atoms with Gasteiger partial charge in [0.05, 0.1) is 0 Å². The maximum Gasteiger partial charge on any atom is -0.00992 e. The van der Waals surface area contributed by atoms with E-state index in [4.69, 9.17) is 0 Å². The predicted molar refractivity (Wildman–Crippen MR) is 105 cm³/mol. The van der Waals surface area contributed by atoms with Gasteiger partial charge >= 0.3 is 0 Å². The molecule has 0 N–H and O–H groups in total. The van der Waals surface area contributed by atoms with Gasteiger partial charge in [-0.1, -0.05) is 104 Å². The number of fused-ring (bicyclic) bond motifs is 2. The molecule has 0 heterocycles. The van der Waals surface area contributed by atoms with Crippen LogP contribution in [0.1, 0.15) is 11.1 Å². The lowest BCUT2D eigenvalue weighted by Crippen LogP contribution is -1.91. The molecule has 0 saturated carbocycles. The quantitative estimate of drug-likeness (QED) is 0.373. The molecule has 4 aromatic rings. The molecule has 0 bridgehead atoms. The number of allylic oxidation sites excluding steroid dienone is 2. The normalized spacial score (nSPS) is 10.7. The highest BCUT2D eigenvalue weighted by Crippen LogP contribution is 2.33. The van der Waals surface area contributed by atoms with Crippen molar-refractivity contribution in [2.45, 2.75) is 0 Å². The maximum atomic E-state index is 3.94. The zero-order chi connectivity index (χ0) is 16.4. The van der Waals surface area contributed by atoms with Crippen molar-refractivity contribution in [3.63, 3.8) is 0 Å². The third-order valence-electron chi connectivity index (χ3n) is 4.44. The largest absolute Gasteiger partial charge is 0.0990 e. The van der Waals surface area contributed by atoms with Gasteiger partial charge in [0.25, 0.3) is 0 Å². The first-order valence-electron chi connectivity index (χ1n) is 8.17. The molecule has 0 amide bonds. The Kier molecular flexibility index (Phi) is 3.72. The van der Waals surface area contributed by atoms with Gasteiger partial charge < -0.3 is 0 Å². The molecule has 0 aliphatic rings. The molecule has 0 radical (unpaired) electrons. The zero-order valence-electron chi connectivity index (χ0n) is 13.4. The summed E-state index contributed by atoms with van der Waals surface area (Å²) in [4.78, 5) is 0. The third kappa shape index (κ3) is 2.43. The average Bonchev–Trinajstić information content (AvgIpc) is 2.65. The highest BCUT2D eigenvalue weighted by molar-refractivity contribution is 6.04. The van der Waals surface area contributed by atoms with Crippen LogP contribution < -0.4 is 0 Å². The summed E-state index contributed by atoms with van der Waals surface area (Å²) in [6.07, 6.45) is 3.99. The molecule has 0 atom stereocenters. The second-order valence-corrected chi connectivity index (χ2v) is 5.87. The van der Waals surface area contributed by atoms with Crippen molar-refractivity contribution >= 4 is 27.1 Å². The fraction of sp³-hybridized carbons (Fsp3) is 0. The summed E-state index contributed by atoms with van der Waals surface area (Å²) in [5.74, 6) is 0. The van der Waals surface area contributed by atoms with Crippen molar-refractivity contribution in [2.24, 2.45) is 0 Å². The minimum absolute atomic E-state index is 1.21. The molecule has 0 fully saturated rings. The number of hydrogen-bond acceptors (Lipinski definition) is 0. The summed E-state index contributed by atoms with van der Waals surface area (Å²) in [5.41, 5.74) is 3.69. The Morgan fingerprint density at radius 1 is 0.583 bits per heavy atom. The van der Waals surface area contributed by atoms with Crippen molar-refractivity contribution in [3.05, 3.63) is 115 Å². The average molecular weight is 306 g/mol. The lowest BCUT2D eigenvalue weighted by atomic mass is 9.90. The summed E-state index contributed by atoms with van der Waals surface area (Å²) >= 11 is 0. The van der Waals surface area contributed by atoms with Crippen LogP contribution in [0, 0.1) is 0 Å². The molecule has 0 nitrogen and oxygen atoms in total. The van der Waals surface area contributed by atoms with E-state index < -0.39 is 0 Å². The van der Waals surface area contributed by atoms with Crippen LogP contribution in [0.25, 0.3) is 27.1 Å². The Morgan fingerprint density at radius 3 is 1.54 bits per heavy atom. The zero-order valence-corrected chi connectivity index (χ0v) is 13.4. The van der Waals surface area contributed by atoms with E-state index in [0.29, 0.717) is 0 Å². The SMILES string of the molecule is C=CC=C(c1cccc2ccccc12)c1cccc2ccccc12. The molecule has 4 aromatic carbocycles. The van der Waals surface area contributed by atoms with Gasteiger partial charge in [-0.25, -0.2) is 0 Å². The van der Waals surface area contributed by atoms with Gasteiger partial charge in [0.1, 0.15) is 0 Å². The Labute approximate surface area is 142 Å². The van der Waals surface area contributed by atoms with E-state index in [1.165, 1.54) is 38.2 Å². The van der Waals surface area contributed by atoms with Gasteiger partial charge in [0.2, 0.25) is 0 Å². The molecule has 0 saturated heterocycles. The van der Waals surface area contributed by atoms with Crippen molar-refractivity contribution in [1.82, 2.24) is 0 Å². The monoisotopic (exact) mass is 306 g/mol. The minimum Gasteiger partial charge on any atom is -0.0990 e. The number of rotatable bonds is 3. The molecule has 4 rings (SSSR count). The summed E-state index contributed by atoms with van der Waals surface area (Å²) in [6.45, 7) is 3.94. The number of hydrogen-bond donors (Lipinski definition) is 0. The van der Waals surface area contributed by atoms with Crippen LogP contribution >= 0.6 is 0 Å². The minimum atomic E-state index is 1.21. The molecule has 0 aliphatic carbocycles. The van der Waals surface area contributed by atoms with Crippen molar-refractivity contribution in [2.75, 3.05) is 0 Å². The van der Waals surface area contributed by atoms with Gasteiger partial charge in [-0.15, -0.1) is 0 Å². The molecule has 0 unspecified atom stereocenters. The van der Waals surface area contributed by atoms with Crippen molar-refractivity contribution in [3.8, 4) is 0 Å². The Morgan fingerprint density at radius 2 is 1.04 bits per heavy atom. The fourth-order valence-corrected chi connectivity index (χ4v) is 3.36. The van der Waals surface area contributed by atoms with E-state index in [9.17, 15) is 0 Å². The first kappa shape index (κ1) is 14.5. The molecule has 114 valence electrons. The van der Waals surface area contributed by atoms with Crippen LogP contribution in [0.4, 0.5) is 0 Å². The summed E-state index contributed by atoms with van der Waals surface area (Å²) in [5, 5.41) is 5.04. The number of benzene rings is 4. The van der Waals surface area contributed by atoms with E-state index in [1.807, 2.05) is 6.08 Å². The molecule has 24 heavy (non-hydrogen) atoms. The summed E-state index contributed by atoms with van der Waals surface area (Å²) in [6, 6.07) is 30.0. The second-order valence-electron chi connectivity index (χ2n) is 5.87. The molecule has 0 spiro atoms. The van der Waals surface area contributed by atoms with E-state index in [-0.39, 0.29) is 0 Å². The van der Waals surface area contributed by atoms with Crippen LogP contribution in [0.3, 0.4) is 0 Å². The molecule has 0 aromatic heterocycles. The van der Waals surface area contributed by atoms with E-state index in [1.54, 1.807) is 0 Å². The molecular weight excluding hydrogens is 288 g/mol. The van der Waals surface area contributed by atoms with Crippen molar-refractivity contribution in [1.29, 1.82) is 0 Å². The van der Waals surface area contributed by atoms with Gasteiger partial charge in [-0.05, 0) is 38.2 Å². The van der Waals surface area contributed by atoms with Crippen LogP contribution in [0.2, 0.25) is 0 Å². The van der Waals surface area contributed by atoms with Crippen LogP contribution in [-0.4, -0.2) is 0 Å². The molecular formula is C24H18. The highest BCUT2D eigenvalue weighted by atomic mass is 14.1. The van der Waals surface area contributed by atoms with Crippen molar-refractivity contribution < 1.29 is 0 Å². The van der Waals surface area contributed by atoms with Crippen LogP contribution in [0.15, 0.2) is 104 Å². The maximum absolute atomic E-state index is 3.94. The highest BCUT2D eigenvalue weighted by Gasteiger charge is 2.11. The fourth-order valence-electron chi connectivity index (χ4n) is 3.36. The Balaban J connectivity index is 2.04. The standard InChI is InChI=1S/C24H18/c1-2-9-22(23-16-7-12-18-10-3-5-14-20(18)23)24-17-8-13-19-11-4-6-15-21(19)24/h2-17H,1H2. The van der Waals surface area contributed by atoms with E-state index in [0.717, 1.165) is 0 Å². The van der Waals surface area contributed by atoms with E-state index in [2.05, 4.69) is 97.6 Å². The van der Waals surface area contributed by atoms with Gasteiger partial charge in [-0.2, -0.15) is 0 Å². The molecule has 0 heteroatoms. The van der Waals surface area contributed by atoms with E-state index >= 15 is 0 Å². The third-order valence-corrected chi connectivity index (χ3v) is 4.44. The first-order valence-corrected chi connectivity index (χ1v) is 8.17. The Hall–Kier alpha value is -3.12. The summed E-state index contributed by atoms with van der Waals surface area (Å²) in [7, 11) is 0. The Bertz CT molecular complexity index is 976. The molecule has 0 aliphatic heterocycles. The lowest BCUT2D eigenvalue weighted by Gasteiger charge is -2.14. The first-order chi connectivity index (χ1) is 11.9. The van der Waals surface area contributed by atoms with Gasteiger partial charge in [0, 0.05) is 0 Å². The van der Waals surface area contributed by atoms with Crippen LogP contribution in [0.5, 0.6) is 0 Å². The van der Waals surface area contributed by atoms with Crippen LogP contribution in [-0.2, 0) is 0 Å². The lowest BCUT2D eigenvalue weighted by molar-refractivity contribution is 1.61. The van der Waals surface area contributed by atoms with Gasteiger partial charge in [0.15, 0.2) is 0 Å². The summed E-state index contributed by atoms with van der Waals surface area (Å²) < 4.78 is 0. The predicted octanol–water partition coefficient (Wildman–Crippen LogP) is 6.61. The topological polar surface area (TPSA) is 0 Å². The second kappa shape index (κ2) is 6.17. The van der Waals surface area contributed by atoms with Gasteiger partial charge in [-0.3, -0.25) is 0 Å². The smallest absolute Gasteiger partial charge is 0.00992 e.